The highest BCUT2D eigenvalue weighted by atomic mass is 35.5. The lowest BCUT2D eigenvalue weighted by Gasteiger charge is -2.17. The zero-order chi connectivity index (χ0) is 14.8. The van der Waals surface area contributed by atoms with Crippen molar-refractivity contribution in [3.63, 3.8) is 0 Å². The molecule has 0 atom stereocenters. The molecule has 0 spiro atoms. The Labute approximate surface area is 125 Å². The van der Waals surface area contributed by atoms with E-state index in [1.165, 1.54) is 12.4 Å². The first kappa shape index (κ1) is 13.5. The van der Waals surface area contributed by atoms with Gasteiger partial charge in [-0.05, 0) is 30.2 Å². The lowest BCUT2D eigenvalue weighted by molar-refractivity contribution is -0.116. The van der Waals surface area contributed by atoms with Gasteiger partial charge in [-0.25, -0.2) is 9.97 Å². The van der Waals surface area contributed by atoms with Crippen LogP contribution in [0.1, 0.15) is 22.3 Å². The van der Waals surface area contributed by atoms with E-state index in [1.807, 2.05) is 0 Å². The van der Waals surface area contributed by atoms with Crippen molar-refractivity contribution in [3.8, 4) is 0 Å². The fourth-order valence-corrected chi connectivity index (χ4v) is 2.26. The molecule has 1 aliphatic heterocycles. The van der Waals surface area contributed by atoms with Crippen LogP contribution in [0, 0.1) is 0 Å². The van der Waals surface area contributed by atoms with Crippen molar-refractivity contribution >= 4 is 34.9 Å². The minimum absolute atomic E-state index is 0.00433. The van der Waals surface area contributed by atoms with Crippen molar-refractivity contribution in [3.05, 3.63) is 46.9 Å². The zero-order valence-electron chi connectivity index (χ0n) is 10.9. The van der Waals surface area contributed by atoms with Crippen molar-refractivity contribution < 1.29 is 9.59 Å². The molecule has 106 valence electrons. The Morgan fingerprint density at radius 1 is 1.24 bits per heavy atom. The standard InChI is InChI=1S/C14H11ClN4O2/c15-11-6-12(17-7-16-11)19-14(21)9-1-3-10-8(5-9)2-4-13(20)18-10/h1,3,5-7H,2,4H2,(H,18,20)(H,16,17,19,21). The van der Waals surface area contributed by atoms with Crippen LogP contribution in [0.5, 0.6) is 0 Å². The van der Waals surface area contributed by atoms with E-state index in [0.717, 1.165) is 11.3 Å². The Kier molecular flexibility index (Phi) is 3.53. The van der Waals surface area contributed by atoms with Gasteiger partial charge < -0.3 is 10.6 Å². The molecule has 1 aliphatic rings. The van der Waals surface area contributed by atoms with Crippen molar-refractivity contribution in [2.75, 3.05) is 10.6 Å². The molecule has 1 aromatic carbocycles. The number of halogens is 1. The highest BCUT2D eigenvalue weighted by molar-refractivity contribution is 6.29. The summed E-state index contributed by atoms with van der Waals surface area (Å²) in [6.45, 7) is 0. The fraction of sp³-hybridized carbons (Fsp3) is 0.143. The number of anilines is 2. The van der Waals surface area contributed by atoms with Crippen molar-refractivity contribution in [1.82, 2.24) is 9.97 Å². The zero-order valence-corrected chi connectivity index (χ0v) is 11.6. The first-order valence-corrected chi connectivity index (χ1v) is 6.71. The summed E-state index contributed by atoms with van der Waals surface area (Å²) < 4.78 is 0. The fourth-order valence-electron chi connectivity index (χ4n) is 2.12. The van der Waals surface area contributed by atoms with Crippen LogP contribution in [0.25, 0.3) is 0 Å². The van der Waals surface area contributed by atoms with Crippen molar-refractivity contribution in [2.45, 2.75) is 12.8 Å². The van der Waals surface area contributed by atoms with Crippen LogP contribution < -0.4 is 10.6 Å². The molecule has 1 aromatic heterocycles. The van der Waals surface area contributed by atoms with Gasteiger partial charge in [-0.2, -0.15) is 0 Å². The predicted molar refractivity (Wildman–Crippen MR) is 78.4 cm³/mol. The number of aromatic nitrogens is 2. The summed E-state index contributed by atoms with van der Waals surface area (Å²) in [6.07, 6.45) is 2.33. The lowest BCUT2D eigenvalue weighted by Crippen LogP contribution is -2.20. The van der Waals surface area contributed by atoms with Gasteiger partial charge in [0.2, 0.25) is 5.91 Å². The summed E-state index contributed by atoms with van der Waals surface area (Å²) in [5.41, 5.74) is 2.20. The highest BCUT2D eigenvalue weighted by Crippen LogP contribution is 2.24. The quantitative estimate of drug-likeness (QED) is 0.834. The van der Waals surface area contributed by atoms with Crippen LogP contribution in [-0.2, 0) is 11.2 Å². The smallest absolute Gasteiger partial charge is 0.256 e. The highest BCUT2D eigenvalue weighted by Gasteiger charge is 2.16. The molecular formula is C14H11ClN4O2. The molecule has 0 bridgehead atoms. The summed E-state index contributed by atoms with van der Waals surface area (Å²) in [5, 5.41) is 5.69. The van der Waals surface area contributed by atoms with Crippen LogP contribution in [0.15, 0.2) is 30.6 Å². The third-order valence-electron chi connectivity index (χ3n) is 3.14. The molecule has 21 heavy (non-hydrogen) atoms. The maximum atomic E-state index is 12.2. The van der Waals surface area contributed by atoms with Crippen LogP contribution >= 0.6 is 11.6 Å². The normalized spacial score (nSPS) is 13.3. The number of carbonyl (C=O) groups excluding carboxylic acids is 2. The van der Waals surface area contributed by atoms with Gasteiger partial charge in [0.1, 0.15) is 17.3 Å². The third kappa shape index (κ3) is 3.00. The molecular weight excluding hydrogens is 292 g/mol. The number of rotatable bonds is 2. The van der Waals surface area contributed by atoms with Gasteiger partial charge in [0, 0.05) is 23.7 Å². The van der Waals surface area contributed by atoms with E-state index in [2.05, 4.69) is 20.6 Å². The summed E-state index contributed by atoms with van der Waals surface area (Å²) >= 11 is 5.74. The minimum atomic E-state index is -0.288. The van der Waals surface area contributed by atoms with E-state index < -0.39 is 0 Å². The maximum Gasteiger partial charge on any atom is 0.256 e. The molecule has 2 amide bonds. The van der Waals surface area contributed by atoms with Gasteiger partial charge in [-0.3, -0.25) is 9.59 Å². The molecule has 0 aliphatic carbocycles. The molecule has 0 saturated carbocycles. The number of aryl methyl sites for hydroxylation is 1. The topological polar surface area (TPSA) is 84.0 Å². The van der Waals surface area contributed by atoms with Crippen LogP contribution in [0.3, 0.4) is 0 Å². The summed E-state index contributed by atoms with van der Waals surface area (Å²) in [7, 11) is 0. The Morgan fingerprint density at radius 3 is 2.90 bits per heavy atom. The van der Waals surface area contributed by atoms with Crippen molar-refractivity contribution in [1.29, 1.82) is 0 Å². The molecule has 0 fully saturated rings. The second-order valence-electron chi connectivity index (χ2n) is 4.60. The second-order valence-corrected chi connectivity index (χ2v) is 4.99. The maximum absolute atomic E-state index is 12.2. The first-order chi connectivity index (χ1) is 10.1. The van der Waals surface area contributed by atoms with Gasteiger partial charge in [-0.15, -0.1) is 0 Å². The van der Waals surface area contributed by atoms with Crippen LogP contribution in [0.2, 0.25) is 5.15 Å². The average molecular weight is 303 g/mol. The third-order valence-corrected chi connectivity index (χ3v) is 3.34. The molecule has 6 nitrogen and oxygen atoms in total. The first-order valence-electron chi connectivity index (χ1n) is 6.33. The Hall–Kier alpha value is -2.47. The van der Waals surface area contributed by atoms with Gasteiger partial charge in [0.15, 0.2) is 0 Å². The molecule has 2 N–H and O–H groups in total. The number of hydrogen-bond donors (Lipinski definition) is 2. The van der Waals surface area contributed by atoms with Crippen molar-refractivity contribution in [2.24, 2.45) is 0 Å². The Balaban J connectivity index is 1.81. The lowest BCUT2D eigenvalue weighted by atomic mass is 10.00. The number of amides is 2. The van der Waals surface area contributed by atoms with E-state index in [4.69, 9.17) is 11.6 Å². The summed E-state index contributed by atoms with van der Waals surface area (Å²) in [4.78, 5) is 31.1. The van der Waals surface area contributed by atoms with Crippen LogP contribution in [-0.4, -0.2) is 21.8 Å². The van der Waals surface area contributed by atoms with E-state index in [-0.39, 0.29) is 17.0 Å². The van der Waals surface area contributed by atoms with E-state index in [1.54, 1.807) is 18.2 Å². The number of carbonyl (C=O) groups is 2. The summed E-state index contributed by atoms with van der Waals surface area (Å²) in [5.74, 6) is 0.0471. The van der Waals surface area contributed by atoms with E-state index in [0.29, 0.717) is 24.2 Å². The van der Waals surface area contributed by atoms with Gasteiger partial charge in [0.25, 0.3) is 5.91 Å². The van der Waals surface area contributed by atoms with Gasteiger partial charge in [-0.1, -0.05) is 11.6 Å². The number of nitrogens with zero attached hydrogens (tertiary/aromatic N) is 2. The second kappa shape index (κ2) is 5.49. The minimum Gasteiger partial charge on any atom is -0.326 e. The molecule has 0 unspecified atom stereocenters. The number of hydrogen-bond acceptors (Lipinski definition) is 4. The number of fused-ring (bicyclic) bond motifs is 1. The molecule has 2 aromatic rings. The SMILES string of the molecule is O=C1CCc2cc(C(=O)Nc3cc(Cl)ncn3)ccc2N1. The van der Waals surface area contributed by atoms with E-state index >= 15 is 0 Å². The van der Waals surface area contributed by atoms with Crippen LogP contribution in [0.4, 0.5) is 11.5 Å². The predicted octanol–water partition coefficient (Wildman–Crippen LogP) is 2.27. The number of benzene rings is 1. The van der Waals surface area contributed by atoms with E-state index in [9.17, 15) is 9.59 Å². The molecule has 0 radical (unpaired) electrons. The molecule has 7 heteroatoms. The molecule has 0 saturated heterocycles. The number of nitrogens with one attached hydrogen (secondary N) is 2. The molecule has 2 heterocycles. The van der Waals surface area contributed by atoms with Gasteiger partial charge in [0.05, 0.1) is 0 Å². The monoisotopic (exact) mass is 302 g/mol. The van der Waals surface area contributed by atoms with Gasteiger partial charge >= 0.3 is 0 Å². The largest absolute Gasteiger partial charge is 0.326 e. The average Bonchev–Trinajstić information content (AvgIpc) is 2.46. The molecule has 3 rings (SSSR count). The Bertz CT molecular complexity index is 733. The summed E-state index contributed by atoms with van der Waals surface area (Å²) in [6, 6.07) is 6.63. The Morgan fingerprint density at radius 2 is 2.10 bits per heavy atom.